The summed E-state index contributed by atoms with van der Waals surface area (Å²) in [7, 11) is 0. The molecule has 0 aliphatic rings. The van der Waals surface area contributed by atoms with Gasteiger partial charge in [0.15, 0.2) is 5.16 Å². The second-order valence-electron chi connectivity index (χ2n) is 8.18. The Morgan fingerprint density at radius 2 is 1.81 bits per heavy atom. The van der Waals surface area contributed by atoms with Crippen molar-refractivity contribution in [3.05, 3.63) is 94.3 Å². The van der Waals surface area contributed by atoms with Gasteiger partial charge in [-0.3, -0.25) is 14.2 Å². The molecule has 0 saturated carbocycles. The SMILES string of the molecule is Cc1ccc(-n2c(SCC(=O)Nc3cccc(C(F)(F)F)c3)nc3c([nH]c4ccccc43)c2=O)cc1. The summed E-state index contributed by atoms with van der Waals surface area (Å²) in [5.41, 5.74) is 2.05. The van der Waals surface area contributed by atoms with Crippen molar-refractivity contribution in [2.24, 2.45) is 0 Å². The van der Waals surface area contributed by atoms with Crippen LogP contribution in [0.1, 0.15) is 11.1 Å². The maximum absolute atomic E-state index is 13.5. The summed E-state index contributed by atoms with van der Waals surface area (Å²) in [5.74, 6) is -0.689. The number of anilines is 1. The van der Waals surface area contributed by atoms with Crippen LogP contribution in [0.5, 0.6) is 0 Å². The molecule has 182 valence electrons. The van der Waals surface area contributed by atoms with Gasteiger partial charge in [0, 0.05) is 16.6 Å². The van der Waals surface area contributed by atoms with E-state index in [0.29, 0.717) is 21.9 Å². The topological polar surface area (TPSA) is 79.8 Å². The van der Waals surface area contributed by atoms with E-state index in [1.54, 1.807) is 12.1 Å². The zero-order valence-corrected chi connectivity index (χ0v) is 19.7. The Balaban J connectivity index is 1.50. The van der Waals surface area contributed by atoms with Crippen LogP contribution in [0.3, 0.4) is 0 Å². The van der Waals surface area contributed by atoms with Crippen LogP contribution >= 0.6 is 11.8 Å². The van der Waals surface area contributed by atoms with Crippen molar-refractivity contribution < 1.29 is 18.0 Å². The predicted octanol–water partition coefficient (Wildman–Crippen LogP) is 5.93. The maximum atomic E-state index is 13.5. The van der Waals surface area contributed by atoms with E-state index in [0.717, 1.165) is 40.4 Å². The van der Waals surface area contributed by atoms with Crippen molar-refractivity contribution in [3.8, 4) is 5.69 Å². The molecule has 0 unspecified atom stereocenters. The zero-order chi connectivity index (χ0) is 25.4. The monoisotopic (exact) mass is 508 g/mol. The second kappa shape index (κ2) is 9.19. The summed E-state index contributed by atoms with van der Waals surface area (Å²) in [6, 6.07) is 19.1. The Morgan fingerprint density at radius 1 is 1.06 bits per heavy atom. The first-order valence-electron chi connectivity index (χ1n) is 10.9. The van der Waals surface area contributed by atoms with Crippen LogP contribution in [0.25, 0.3) is 27.6 Å². The Labute approximate surface area is 207 Å². The molecule has 0 spiro atoms. The van der Waals surface area contributed by atoms with Crippen molar-refractivity contribution in [1.29, 1.82) is 0 Å². The van der Waals surface area contributed by atoms with Gasteiger partial charge in [-0.15, -0.1) is 0 Å². The number of hydrogen-bond donors (Lipinski definition) is 2. The molecule has 0 atom stereocenters. The number of fused-ring (bicyclic) bond motifs is 3. The van der Waals surface area contributed by atoms with Crippen LogP contribution in [0.15, 0.2) is 82.7 Å². The normalized spacial score (nSPS) is 11.8. The third-order valence-corrected chi connectivity index (χ3v) is 6.53. The molecular formula is C26H19F3N4O2S. The van der Waals surface area contributed by atoms with E-state index in [9.17, 15) is 22.8 Å². The van der Waals surface area contributed by atoms with E-state index >= 15 is 0 Å². The van der Waals surface area contributed by atoms with Crippen LogP contribution in [-0.2, 0) is 11.0 Å². The molecule has 0 saturated heterocycles. The Morgan fingerprint density at radius 3 is 2.56 bits per heavy atom. The molecule has 2 N–H and O–H groups in total. The molecule has 2 aromatic heterocycles. The number of nitrogens with one attached hydrogen (secondary N) is 2. The minimum Gasteiger partial charge on any atom is -0.349 e. The molecule has 0 fully saturated rings. The van der Waals surface area contributed by atoms with Crippen LogP contribution in [-0.4, -0.2) is 26.2 Å². The second-order valence-corrected chi connectivity index (χ2v) is 9.12. The van der Waals surface area contributed by atoms with Crippen molar-refractivity contribution in [2.45, 2.75) is 18.3 Å². The fourth-order valence-corrected chi connectivity index (χ4v) is 4.67. The number of aryl methyl sites for hydroxylation is 1. The lowest BCUT2D eigenvalue weighted by Gasteiger charge is -2.13. The number of thioether (sulfide) groups is 1. The molecule has 6 nitrogen and oxygen atoms in total. The highest BCUT2D eigenvalue weighted by molar-refractivity contribution is 7.99. The number of alkyl halides is 3. The number of nitrogens with zero attached hydrogens (tertiary/aromatic N) is 2. The number of rotatable bonds is 5. The lowest BCUT2D eigenvalue weighted by Crippen LogP contribution is -2.23. The average molecular weight is 509 g/mol. The lowest BCUT2D eigenvalue weighted by atomic mass is 10.2. The molecule has 10 heteroatoms. The number of hydrogen-bond acceptors (Lipinski definition) is 4. The predicted molar refractivity (Wildman–Crippen MR) is 135 cm³/mol. The van der Waals surface area contributed by atoms with Crippen molar-refractivity contribution in [2.75, 3.05) is 11.1 Å². The highest BCUT2D eigenvalue weighted by atomic mass is 32.2. The molecule has 0 radical (unpaired) electrons. The summed E-state index contributed by atoms with van der Waals surface area (Å²) in [6.45, 7) is 1.93. The first-order chi connectivity index (χ1) is 17.2. The van der Waals surface area contributed by atoms with E-state index in [1.807, 2.05) is 43.3 Å². The first kappa shape index (κ1) is 23.7. The van der Waals surface area contributed by atoms with Gasteiger partial charge in [0.05, 0.1) is 17.0 Å². The molecule has 1 amide bonds. The van der Waals surface area contributed by atoms with Crippen LogP contribution in [0, 0.1) is 6.92 Å². The average Bonchev–Trinajstić information content (AvgIpc) is 3.22. The molecule has 3 aromatic carbocycles. The van der Waals surface area contributed by atoms with E-state index in [1.165, 1.54) is 16.7 Å². The minimum absolute atomic E-state index is 0.0337. The van der Waals surface area contributed by atoms with Gasteiger partial charge in [-0.1, -0.05) is 53.7 Å². The number of aromatic nitrogens is 3. The van der Waals surface area contributed by atoms with Gasteiger partial charge in [0.1, 0.15) is 11.0 Å². The molecule has 2 heterocycles. The van der Waals surface area contributed by atoms with Gasteiger partial charge < -0.3 is 10.3 Å². The van der Waals surface area contributed by atoms with E-state index in [-0.39, 0.29) is 17.0 Å². The first-order valence-corrected chi connectivity index (χ1v) is 11.9. The standard InChI is InChI=1S/C26H19F3N4O2S/c1-15-9-11-18(12-10-15)33-24(35)23-22(19-7-2-3-8-20(19)31-23)32-25(33)36-14-21(34)30-17-6-4-5-16(13-17)26(27,28)29/h2-13,31H,14H2,1H3,(H,30,34). The van der Waals surface area contributed by atoms with E-state index < -0.39 is 17.6 Å². The molecule has 0 bridgehead atoms. The van der Waals surface area contributed by atoms with Crippen molar-refractivity contribution in [3.63, 3.8) is 0 Å². The van der Waals surface area contributed by atoms with Crippen LogP contribution in [0.2, 0.25) is 0 Å². The molecule has 5 rings (SSSR count). The maximum Gasteiger partial charge on any atom is 0.416 e. The fraction of sp³-hybridized carbons (Fsp3) is 0.115. The molecule has 36 heavy (non-hydrogen) atoms. The molecule has 0 aliphatic carbocycles. The number of carbonyl (C=O) groups excluding carboxylic acids is 1. The Hall–Kier alpha value is -4.05. The number of amides is 1. The quantitative estimate of drug-likeness (QED) is 0.228. The van der Waals surface area contributed by atoms with E-state index in [4.69, 9.17) is 4.98 Å². The largest absolute Gasteiger partial charge is 0.416 e. The van der Waals surface area contributed by atoms with Gasteiger partial charge in [-0.05, 0) is 43.3 Å². The Bertz CT molecular complexity index is 1660. The Kier molecular flexibility index (Phi) is 6.05. The molecule has 0 aliphatic heterocycles. The highest BCUT2D eigenvalue weighted by Crippen LogP contribution is 2.31. The number of H-pyrrole nitrogens is 1. The third-order valence-electron chi connectivity index (χ3n) is 5.59. The number of aromatic amines is 1. The van der Waals surface area contributed by atoms with Crippen LogP contribution in [0.4, 0.5) is 18.9 Å². The summed E-state index contributed by atoms with van der Waals surface area (Å²) in [5, 5.41) is 3.55. The van der Waals surface area contributed by atoms with Gasteiger partial charge in [0.25, 0.3) is 5.56 Å². The van der Waals surface area contributed by atoms with Crippen molar-refractivity contribution in [1.82, 2.24) is 14.5 Å². The van der Waals surface area contributed by atoms with Crippen molar-refractivity contribution >= 4 is 45.3 Å². The minimum atomic E-state index is -4.52. The zero-order valence-electron chi connectivity index (χ0n) is 18.9. The highest BCUT2D eigenvalue weighted by Gasteiger charge is 2.30. The smallest absolute Gasteiger partial charge is 0.349 e. The van der Waals surface area contributed by atoms with Gasteiger partial charge in [-0.2, -0.15) is 13.2 Å². The summed E-state index contributed by atoms with van der Waals surface area (Å²) >= 11 is 1.03. The number of benzene rings is 3. The summed E-state index contributed by atoms with van der Waals surface area (Å²) in [6.07, 6.45) is -4.52. The summed E-state index contributed by atoms with van der Waals surface area (Å²) < 4.78 is 40.4. The van der Waals surface area contributed by atoms with E-state index in [2.05, 4.69) is 10.3 Å². The van der Waals surface area contributed by atoms with Gasteiger partial charge in [0.2, 0.25) is 5.91 Å². The van der Waals surface area contributed by atoms with Gasteiger partial charge >= 0.3 is 6.18 Å². The number of carbonyl (C=O) groups is 1. The van der Waals surface area contributed by atoms with Crippen LogP contribution < -0.4 is 10.9 Å². The fourth-order valence-electron chi connectivity index (χ4n) is 3.86. The van der Waals surface area contributed by atoms with Gasteiger partial charge in [-0.25, -0.2) is 4.98 Å². The molecule has 5 aromatic rings. The number of halogens is 3. The number of para-hydroxylation sites is 1. The molecular weight excluding hydrogens is 489 g/mol. The third kappa shape index (κ3) is 4.59. The summed E-state index contributed by atoms with van der Waals surface area (Å²) in [4.78, 5) is 34.0. The lowest BCUT2D eigenvalue weighted by molar-refractivity contribution is -0.137.